The zero-order chi connectivity index (χ0) is 11.4. The molecule has 5 heteroatoms. The fraction of sp³-hybridized carbons (Fsp3) is 0.917. The number of hydrogen-bond donors (Lipinski definition) is 2. The highest BCUT2D eigenvalue weighted by Gasteiger charge is 2.30. The van der Waals surface area contributed by atoms with E-state index in [1.165, 1.54) is 24.3 Å². The number of carbonyl (C=O) groups is 1. The minimum Gasteiger partial charge on any atom is -0.356 e. The van der Waals surface area contributed by atoms with Gasteiger partial charge in [0.05, 0.1) is 5.92 Å². The molecule has 0 aromatic heterocycles. The summed E-state index contributed by atoms with van der Waals surface area (Å²) < 4.78 is 0. The van der Waals surface area contributed by atoms with E-state index in [9.17, 15) is 4.79 Å². The topological polar surface area (TPSA) is 55.1 Å². The molecule has 17 heavy (non-hydrogen) atoms. The van der Waals surface area contributed by atoms with Crippen LogP contribution in [0.2, 0.25) is 0 Å². The number of thioether (sulfide) groups is 1. The van der Waals surface area contributed by atoms with Gasteiger partial charge >= 0.3 is 0 Å². The second-order valence-electron chi connectivity index (χ2n) is 5.00. The summed E-state index contributed by atoms with van der Waals surface area (Å²) in [6.45, 7) is 0.864. The lowest BCUT2D eigenvalue weighted by Crippen LogP contribution is -2.40. The second kappa shape index (κ2) is 7.49. The summed E-state index contributed by atoms with van der Waals surface area (Å²) in [5.41, 5.74) is 5.92. The smallest absolute Gasteiger partial charge is 0.224 e. The molecule has 2 rings (SSSR count). The second-order valence-corrected chi connectivity index (χ2v) is 6.23. The molecule has 1 amide bonds. The van der Waals surface area contributed by atoms with E-state index in [1.54, 1.807) is 0 Å². The molecule has 1 saturated heterocycles. The fourth-order valence-electron chi connectivity index (χ4n) is 2.64. The van der Waals surface area contributed by atoms with Gasteiger partial charge in [0, 0.05) is 12.6 Å². The molecule has 2 atom stereocenters. The minimum absolute atomic E-state index is 0. The largest absolute Gasteiger partial charge is 0.356 e. The Labute approximate surface area is 114 Å². The molecule has 0 spiro atoms. The maximum atomic E-state index is 11.9. The van der Waals surface area contributed by atoms with Gasteiger partial charge in [0.1, 0.15) is 0 Å². The van der Waals surface area contributed by atoms with Gasteiger partial charge in [-0.3, -0.25) is 4.79 Å². The van der Waals surface area contributed by atoms with Crippen molar-refractivity contribution in [2.75, 3.05) is 18.1 Å². The van der Waals surface area contributed by atoms with Gasteiger partial charge in [0.15, 0.2) is 0 Å². The average Bonchev–Trinajstić information content (AvgIpc) is 2.74. The minimum atomic E-state index is 0. The predicted molar refractivity (Wildman–Crippen MR) is 75.6 cm³/mol. The van der Waals surface area contributed by atoms with Crippen LogP contribution in [0.4, 0.5) is 0 Å². The fourth-order valence-corrected chi connectivity index (χ4v) is 3.84. The van der Waals surface area contributed by atoms with Gasteiger partial charge in [-0.25, -0.2) is 0 Å². The van der Waals surface area contributed by atoms with Crippen LogP contribution in [0.3, 0.4) is 0 Å². The normalized spacial score (nSPS) is 29.7. The van der Waals surface area contributed by atoms with E-state index in [0.29, 0.717) is 5.92 Å². The highest BCUT2D eigenvalue weighted by atomic mass is 35.5. The molecule has 3 N–H and O–H groups in total. The Balaban J connectivity index is 0.00000144. The first-order valence-corrected chi connectivity index (χ1v) is 7.54. The summed E-state index contributed by atoms with van der Waals surface area (Å²) in [6, 6.07) is 0.0990. The molecule has 0 radical (unpaired) electrons. The lowest BCUT2D eigenvalue weighted by molar-refractivity contribution is -0.125. The molecular formula is C12H23ClN2OS. The van der Waals surface area contributed by atoms with Crippen LogP contribution >= 0.6 is 24.2 Å². The number of hydrogen-bond acceptors (Lipinski definition) is 3. The van der Waals surface area contributed by atoms with Gasteiger partial charge < -0.3 is 11.1 Å². The summed E-state index contributed by atoms with van der Waals surface area (Å²) in [7, 11) is 0. The number of rotatable bonds is 3. The third-order valence-corrected chi connectivity index (χ3v) is 4.86. The molecule has 100 valence electrons. The Morgan fingerprint density at radius 1 is 1.24 bits per heavy atom. The zero-order valence-electron chi connectivity index (χ0n) is 10.2. The van der Waals surface area contributed by atoms with E-state index in [2.05, 4.69) is 5.32 Å². The van der Waals surface area contributed by atoms with Gasteiger partial charge in [-0.1, -0.05) is 6.42 Å². The van der Waals surface area contributed by atoms with Crippen LogP contribution in [-0.4, -0.2) is 30.0 Å². The van der Waals surface area contributed by atoms with Crippen molar-refractivity contribution in [3.63, 3.8) is 0 Å². The van der Waals surface area contributed by atoms with Crippen LogP contribution < -0.4 is 11.1 Å². The van der Waals surface area contributed by atoms with E-state index in [-0.39, 0.29) is 30.3 Å². The van der Waals surface area contributed by atoms with E-state index >= 15 is 0 Å². The molecule has 3 nitrogen and oxygen atoms in total. The zero-order valence-corrected chi connectivity index (χ0v) is 11.8. The predicted octanol–water partition coefficient (Wildman–Crippen LogP) is 1.79. The third-order valence-electron chi connectivity index (χ3n) is 3.81. The van der Waals surface area contributed by atoms with E-state index < -0.39 is 0 Å². The number of halogens is 1. The van der Waals surface area contributed by atoms with Crippen molar-refractivity contribution in [2.24, 2.45) is 17.6 Å². The van der Waals surface area contributed by atoms with Crippen LogP contribution in [0.1, 0.15) is 32.1 Å². The third kappa shape index (κ3) is 4.34. The Bertz CT molecular complexity index is 247. The average molecular weight is 279 g/mol. The maximum Gasteiger partial charge on any atom is 0.224 e. The van der Waals surface area contributed by atoms with Crippen molar-refractivity contribution in [3.8, 4) is 0 Å². The molecule has 1 aliphatic carbocycles. The van der Waals surface area contributed by atoms with Crippen LogP contribution in [-0.2, 0) is 4.79 Å². The monoisotopic (exact) mass is 278 g/mol. The Morgan fingerprint density at radius 2 is 1.94 bits per heavy atom. The van der Waals surface area contributed by atoms with Crippen molar-refractivity contribution in [3.05, 3.63) is 0 Å². The van der Waals surface area contributed by atoms with Crippen molar-refractivity contribution in [2.45, 2.75) is 38.1 Å². The summed E-state index contributed by atoms with van der Waals surface area (Å²) in [5, 5.41) is 3.10. The van der Waals surface area contributed by atoms with Crippen LogP contribution in [0.5, 0.6) is 0 Å². The highest BCUT2D eigenvalue weighted by molar-refractivity contribution is 7.99. The van der Waals surface area contributed by atoms with Crippen LogP contribution in [0.15, 0.2) is 0 Å². The Kier molecular flexibility index (Phi) is 6.67. The number of nitrogens with two attached hydrogens (primary N) is 1. The summed E-state index contributed by atoms with van der Waals surface area (Å²) in [4.78, 5) is 11.9. The van der Waals surface area contributed by atoms with E-state index in [4.69, 9.17) is 5.73 Å². The molecule has 1 saturated carbocycles. The van der Waals surface area contributed by atoms with Gasteiger partial charge in [-0.15, -0.1) is 12.4 Å². The Morgan fingerprint density at radius 3 is 2.53 bits per heavy atom. The number of amides is 1. The number of nitrogens with one attached hydrogen (secondary N) is 1. The van der Waals surface area contributed by atoms with Crippen molar-refractivity contribution in [1.82, 2.24) is 5.32 Å². The summed E-state index contributed by atoms with van der Waals surface area (Å²) >= 11 is 2.03. The SMILES string of the molecule is Cl.NC1CCCC1C(=O)NCC1CCSCC1. The quantitative estimate of drug-likeness (QED) is 0.828. The molecule has 2 fully saturated rings. The molecule has 0 aromatic carbocycles. The highest BCUT2D eigenvalue weighted by Crippen LogP contribution is 2.25. The van der Waals surface area contributed by atoms with Crippen LogP contribution in [0, 0.1) is 11.8 Å². The molecule has 2 aliphatic rings. The standard InChI is InChI=1S/C12H22N2OS.ClH/c13-11-3-1-2-10(11)12(15)14-8-9-4-6-16-7-5-9;/h9-11H,1-8,13H2,(H,14,15);1H. The molecule has 0 aromatic rings. The lowest BCUT2D eigenvalue weighted by Gasteiger charge is -2.23. The van der Waals surface area contributed by atoms with Gasteiger partial charge in [-0.05, 0) is 43.1 Å². The van der Waals surface area contributed by atoms with Crippen molar-refractivity contribution in [1.29, 1.82) is 0 Å². The first-order valence-electron chi connectivity index (χ1n) is 6.38. The summed E-state index contributed by atoms with van der Waals surface area (Å²) in [6.07, 6.45) is 5.61. The molecule has 0 bridgehead atoms. The maximum absolute atomic E-state index is 11.9. The first kappa shape index (κ1) is 15.1. The summed E-state index contributed by atoms with van der Waals surface area (Å²) in [5.74, 6) is 3.48. The van der Waals surface area contributed by atoms with Gasteiger partial charge in [0.2, 0.25) is 5.91 Å². The number of carbonyl (C=O) groups excluding carboxylic acids is 1. The van der Waals surface area contributed by atoms with Gasteiger partial charge in [0.25, 0.3) is 0 Å². The van der Waals surface area contributed by atoms with Gasteiger partial charge in [-0.2, -0.15) is 11.8 Å². The lowest BCUT2D eigenvalue weighted by atomic mass is 10.0. The van der Waals surface area contributed by atoms with Crippen molar-refractivity contribution >= 4 is 30.1 Å². The van der Waals surface area contributed by atoms with Crippen molar-refractivity contribution < 1.29 is 4.79 Å². The Hall–Kier alpha value is 0.0700. The first-order chi connectivity index (χ1) is 7.77. The van der Waals surface area contributed by atoms with Crippen LogP contribution in [0.25, 0.3) is 0 Å². The molecular weight excluding hydrogens is 256 g/mol. The molecule has 1 heterocycles. The molecule has 2 unspecified atom stereocenters. The molecule has 1 aliphatic heterocycles. The van der Waals surface area contributed by atoms with E-state index in [0.717, 1.165) is 25.8 Å². The van der Waals surface area contributed by atoms with E-state index in [1.807, 2.05) is 11.8 Å².